The second-order valence-electron chi connectivity index (χ2n) is 9.50. The number of hydrogen-bond donors (Lipinski definition) is 1. The first kappa shape index (κ1) is 27.7. The van der Waals surface area contributed by atoms with E-state index in [1.165, 1.54) is 0 Å². The highest BCUT2D eigenvalue weighted by molar-refractivity contribution is 8.04. The molecule has 3 unspecified atom stereocenters. The van der Waals surface area contributed by atoms with Crippen molar-refractivity contribution in [2.75, 3.05) is 42.0 Å². The second kappa shape index (κ2) is 12.5. The van der Waals surface area contributed by atoms with Crippen molar-refractivity contribution in [3.63, 3.8) is 0 Å². The number of rotatable bonds is 9. The Balaban J connectivity index is 1.34. The van der Waals surface area contributed by atoms with Crippen molar-refractivity contribution in [3.05, 3.63) is 52.4 Å². The van der Waals surface area contributed by atoms with Crippen LogP contribution in [0.4, 0.5) is 0 Å². The van der Waals surface area contributed by atoms with Crippen molar-refractivity contribution >= 4 is 29.7 Å². The van der Waals surface area contributed by atoms with Crippen LogP contribution in [0, 0.1) is 5.92 Å². The number of thioether (sulfide) groups is 1. The molecular weight excluding hydrogens is 504 g/mol. The lowest BCUT2D eigenvalue weighted by atomic mass is 9.83. The van der Waals surface area contributed by atoms with Gasteiger partial charge in [-0.15, -0.1) is 11.8 Å². The lowest BCUT2D eigenvalue weighted by Crippen LogP contribution is -2.52. The molecule has 9 heteroatoms. The largest absolute Gasteiger partial charge is 0.493 e. The van der Waals surface area contributed by atoms with E-state index in [-0.39, 0.29) is 29.0 Å². The lowest BCUT2D eigenvalue weighted by Gasteiger charge is -2.44. The fraction of sp³-hybridized carbons (Fsp3) is 0.448. The Morgan fingerprint density at radius 3 is 2.32 bits per heavy atom. The zero-order chi connectivity index (χ0) is 27.2. The molecule has 2 amide bonds. The van der Waals surface area contributed by atoms with Crippen molar-refractivity contribution in [2.24, 2.45) is 5.92 Å². The summed E-state index contributed by atoms with van der Waals surface area (Å²) in [5.74, 6) is 2.57. The molecule has 1 N–H and O–H groups in total. The molecule has 2 fully saturated rings. The van der Waals surface area contributed by atoms with Crippen molar-refractivity contribution in [1.29, 1.82) is 0 Å². The molecule has 0 aromatic heterocycles. The van der Waals surface area contributed by atoms with E-state index in [2.05, 4.69) is 5.32 Å². The number of carbonyl (C=O) groups is 2. The van der Waals surface area contributed by atoms with Gasteiger partial charge < -0.3 is 29.2 Å². The van der Waals surface area contributed by atoms with Crippen LogP contribution in [0.2, 0.25) is 0 Å². The molecule has 204 valence electrons. The smallest absolute Gasteiger partial charge is 0.260 e. The zero-order valence-electron chi connectivity index (χ0n) is 22.6. The molecule has 1 saturated heterocycles. The van der Waals surface area contributed by atoms with Crippen molar-refractivity contribution in [2.45, 2.75) is 37.0 Å². The number of nitrogens with zero attached hydrogens (tertiary/aromatic N) is 1. The van der Waals surface area contributed by atoms with E-state index in [0.29, 0.717) is 47.3 Å². The van der Waals surface area contributed by atoms with E-state index < -0.39 is 0 Å². The van der Waals surface area contributed by atoms with Gasteiger partial charge in [-0.25, -0.2) is 0 Å². The summed E-state index contributed by atoms with van der Waals surface area (Å²) in [5, 5.41) is 3.36. The molecule has 38 heavy (non-hydrogen) atoms. The van der Waals surface area contributed by atoms with E-state index >= 15 is 0 Å². The SMILES string of the molecule is COc1ccc(/C=C2\SC3CCC(C(=O)NCCc4ccc(OC)c(OC)c4)CC3N(C)C2=O)cc1OC. The van der Waals surface area contributed by atoms with E-state index in [9.17, 15) is 9.59 Å². The Morgan fingerprint density at radius 2 is 1.63 bits per heavy atom. The molecule has 2 aromatic carbocycles. The normalized spacial score (nSPS) is 22.0. The molecular formula is C29H36N2O6S. The Hall–Kier alpha value is -3.33. The number of methoxy groups -OCH3 is 4. The molecule has 4 rings (SSSR count). The van der Waals surface area contributed by atoms with Gasteiger partial charge in [-0.2, -0.15) is 0 Å². The van der Waals surface area contributed by atoms with Crippen molar-refractivity contribution in [1.82, 2.24) is 10.2 Å². The van der Waals surface area contributed by atoms with Crippen molar-refractivity contribution < 1.29 is 28.5 Å². The Bertz CT molecular complexity index is 1200. The number of benzene rings is 2. The molecule has 2 aliphatic rings. The van der Waals surface area contributed by atoms with Gasteiger partial charge in [0.05, 0.1) is 33.3 Å². The molecule has 1 heterocycles. The molecule has 1 saturated carbocycles. The predicted octanol–water partition coefficient (Wildman–Crippen LogP) is 4.16. The maximum Gasteiger partial charge on any atom is 0.260 e. The first-order chi connectivity index (χ1) is 18.4. The summed E-state index contributed by atoms with van der Waals surface area (Å²) in [7, 11) is 8.26. The zero-order valence-corrected chi connectivity index (χ0v) is 23.4. The predicted molar refractivity (Wildman–Crippen MR) is 149 cm³/mol. The number of likely N-dealkylation sites (N-methyl/N-ethyl adjacent to an activating group) is 1. The van der Waals surface area contributed by atoms with Gasteiger partial charge in [-0.3, -0.25) is 9.59 Å². The average Bonchev–Trinajstić information content (AvgIpc) is 2.95. The molecule has 0 spiro atoms. The standard InChI is InChI=1S/C29H36N2O6S/c1-31-21-17-20(28(32)30-13-12-18-6-9-22(34-2)24(14-18)36-4)8-11-26(21)38-27(29(31)33)16-19-7-10-23(35-3)25(15-19)37-5/h6-7,9-10,14-16,20-21,26H,8,11-13,17H2,1-5H3,(H,30,32)/b27-16-. The van der Waals surface area contributed by atoms with Crippen LogP contribution < -0.4 is 24.3 Å². The van der Waals surface area contributed by atoms with Gasteiger partial charge in [0, 0.05) is 30.8 Å². The van der Waals surface area contributed by atoms with Crippen LogP contribution in [-0.4, -0.2) is 70.0 Å². The van der Waals surface area contributed by atoms with E-state index in [0.717, 1.165) is 24.0 Å². The van der Waals surface area contributed by atoms with E-state index in [4.69, 9.17) is 18.9 Å². The topological polar surface area (TPSA) is 86.3 Å². The summed E-state index contributed by atoms with van der Waals surface area (Å²) in [6, 6.07) is 11.4. The highest BCUT2D eigenvalue weighted by atomic mass is 32.2. The molecule has 8 nitrogen and oxygen atoms in total. The maximum atomic E-state index is 13.2. The van der Waals surface area contributed by atoms with Gasteiger partial charge in [-0.05, 0) is 67.2 Å². The van der Waals surface area contributed by atoms with Crippen molar-refractivity contribution in [3.8, 4) is 23.0 Å². The van der Waals surface area contributed by atoms with Crippen LogP contribution in [0.5, 0.6) is 23.0 Å². The number of amides is 2. The van der Waals surface area contributed by atoms with E-state index in [1.54, 1.807) is 40.2 Å². The molecule has 0 bridgehead atoms. The van der Waals surface area contributed by atoms with Crippen LogP contribution in [-0.2, 0) is 16.0 Å². The maximum absolute atomic E-state index is 13.2. The molecule has 1 aliphatic carbocycles. The first-order valence-electron chi connectivity index (χ1n) is 12.7. The van der Waals surface area contributed by atoms with Crippen LogP contribution in [0.3, 0.4) is 0 Å². The average molecular weight is 541 g/mol. The fourth-order valence-electron chi connectivity index (χ4n) is 5.14. The van der Waals surface area contributed by atoms with Gasteiger partial charge in [0.1, 0.15) is 0 Å². The van der Waals surface area contributed by atoms with Crippen LogP contribution >= 0.6 is 11.8 Å². The summed E-state index contributed by atoms with van der Waals surface area (Å²) < 4.78 is 21.4. The van der Waals surface area contributed by atoms with Gasteiger partial charge in [-0.1, -0.05) is 12.1 Å². The first-order valence-corrected chi connectivity index (χ1v) is 13.6. The third kappa shape index (κ3) is 6.04. The van der Waals surface area contributed by atoms with Crippen LogP contribution in [0.25, 0.3) is 6.08 Å². The second-order valence-corrected chi connectivity index (χ2v) is 10.8. The monoisotopic (exact) mass is 540 g/mol. The summed E-state index contributed by atoms with van der Waals surface area (Å²) in [6.45, 7) is 0.542. The van der Waals surface area contributed by atoms with Gasteiger partial charge in [0.15, 0.2) is 23.0 Å². The van der Waals surface area contributed by atoms with Crippen LogP contribution in [0.15, 0.2) is 41.3 Å². The number of hydrogen-bond acceptors (Lipinski definition) is 7. The number of carbonyl (C=O) groups excluding carboxylic acids is 2. The van der Waals surface area contributed by atoms with Gasteiger partial charge in [0.25, 0.3) is 5.91 Å². The number of fused-ring (bicyclic) bond motifs is 1. The molecule has 3 atom stereocenters. The number of nitrogens with one attached hydrogen (secondary N) is 1. The molecule has 0 radical (unpaired) electrons. The minimum Gasteiger partial charge on any atom is -0.493 e. The molecule has 1 aliphatic heterocycles. The fourth-order valence-corrected chi connectivity index (χ4v) is 6.62. The Morgan fingerprint density at radius 1 is 0.974 bits per heavy atom. The highest BCUT2D eigenvalue weighted by Crippen LogP contribution is 2.43. The minimum atomic E-state index is -0.103. The lowest BCUT2D eigenvalue weighted by molar-refractivity contribution is -0.131. The third-order valence-corrected chi connectivity index (χ3v) is 8.70. The summed E-state index contributed by atoms with van der Waals surface area (Å²) >= 11 is 1.62. The number of ether oxygens (including phenoxy) is 4. The van der Waals surface area contributed by atoms with E-state index in [1.807, 2.05) is 54.4 Å². The summed E-state index contributed by atoms with van der Waals surface area (Å²) in [6.07, 6.45) is 4.97. The van der Waals surface area contributed by atoms with Gasteiger partial charge in [0.2, 0.25) is 5.91 Å². The summed E-state index contributed by atoms with van der Waals surface area (Å²) in [5.41, 5.74) is 1.95. The van der Waals surface area contributed by atoms with Crippen LogP contribution in [0.1, 0.15) is 30.4 Å². The Kier molecular flexibility index (Phi) is 9.09. The third-order valence-electron chi connectivity index (χ3n) is 7.30. The quantitative estimate of drug-likeness (QED) is 0.478. The minimum absolute atomic E-state index is 0.0134. The Labute approximate surface area is 228 Å². The highest BCUT2D eigenvalue weighted by Gasteiger charge is 2.42. The molecule has 2 aromatic rings. The van der Waals surface area contributed by atoms with Gasteiger partial charge >= 0.3 is 0 Å². The summed E-state index contributed by atoms with van der Waals surface area (Å²) in [4.78, 5) is 28.7.